The van der Waals surface area contributed by atoms with Gasteiger partial charge in [0.15, 0.2) is 11.6 Å². The predicted molar refractivity (Wildman–Crippen MR) is 128 cm³/mol. The summed E-state index contributed by atoms with van der Waals surface area (Å²) in [6.45, 7) is 5.49. The van der Waals surface area contributed by atoms with Crippen LogP contribution in [0.2, 0.25) is 0 Å². The number of aromatic nitrogens is 3. The minimum Gasteiger partial charge on any atom is -0.494 e. The maximum atomic E-state index is 14.6. The number of hydrogen-bond acceptors (Lipinski definition) is 9. The fourth-order valence-electron chi connectivity index (χ4n) is 4.98. The van der Waals surface area contributed by atoms with Crippen molar-refractivity contribution in [3.05, 3.63) is 24.0 Å². The second kappa shape index (κ2) is 10.5. The van der Waals surface area contributed by atoms with Crippen LogP contribution in [0.15, 0.2) is 18.2 Å². The molecule has 2 aromatic rings. The van der Waals surface area contributed by atoms with Gasteiger partial charge in [-0.1, -0.05) is 13.3 Å². The lowest BCUT2D eigenvalue weighted by molar-refractivity contribution is 0.271. The number of nitrogen functional groups attached to an aromatic ring is 1. The van der Waals surface area contributed by atoms with Crippen LogP contribution in [0.4, 0.5) is 27.9 Å². The minimum absolute atomic E-state index is 0.121. The van der Waals surface area contributed by atoms with Crippen molar-refractivity contribution in [2.75, 3.05) is 49.2 Å². The first-order valence-corrected chi connectivity index (χ1v) is 11.8. The van der Waals surface area contributed by atoms with Crippen molar-refractivity contribution in [1.29, 1.82) is 0 Å². The topological polar surface area (TPSA) is 118 Å². The van der Waals surface area contributed by atoms with Gasteiger partial charge in [0, 0.05) is 36.9 Å². The number of nitrogens with zero attached hydrogens (tertiary/aromatic N) is 5. The third-order valence-electron chi connectivity index (χ3n) is 6.87. The molecule has 0 spiro atoms. The first-order valence-electron chi connectivity index (χ1n) is 11.8. The number of rotatable bonds is 9. The highest BCUT2D eigenvalue weighted by Gasteiger charge is 2.28. The molecular formula is C23H35FN8O. The molecule has 4 rings (SSSR count). The molecule has 0 amide bonds. The standard InChI is InChI=1S/C23H35FN8O/c1-3-31-11-5-7-17(31)14-32(16-9-10-20(33-2)18(24)12-16)23-29-21(26)28-22(30-23)27-13-15-6-4-8-19(15)25/h9-10,12,15,17,19H,3-8,11,13-14,25H2,1-2H3,(H3,26,27,28,29,30). The molecule has 1 aromatic heterocycles. The Hall–Kier alpha value is -2.72. The van der Waals surface area contributed by atoms with Crippen molar-refractivity contribution < 1.29 is 9.13 Å². The van der Waals surface area contributed by atoms with Gasteiger partial charge in [-0.25, -0.2) is 4.39 Å². The van der Waals surface area contributed by atoms with Crippen LogP contribution < -0.4 is 26.4 Å². The van der Waals surface area contributed by atoms with E-state index in [9.17, 15) is 4.39 Å². The molecule has 1 aliphatic heterocycles. The minimum atomic E-state index is -0.436. The lowest BCUT2D eigenvalue weighted by Gasteiger charge is -2.30. The normalized spacial score (nSPS) is 23.1. The quantitative estimate of drug-likeness (QED) is 0.521. The van der Waals surface area contributed by atoms with Gasteiger partial charge < -0.3 is 26.4 Å². The van der Waals surface area contributed by atoms with Gasteiger partial charge in [-0.05, 0) is 56.8 Å². The van der Waals surface area contributed by atoms with Crippen LogP contribution in [0.1, 0.15) is 39.0 Å². The van der Waals surface area contributed by atoms with E-state index >= 15 is 0 Å². The van der Waals surface area contributed by atoms with E-state index in [0.717, 1.165) is 45.2 Å². The van der Waals surface area contributed by atoms with Gasteiger partial charge in [-0.2, -0.15) is 15.0 Å². The van der Waals surface area contributed by atoms with E-state index in [1.54, 1.807) is 6.07 Å². The molecule has 2 aliphatic rings. The zero-order valence-corrected chi connectivity index (χ0v) is 19.5. The molecule has 10 heteroatoms. The molecule has 180 valence electrons. The van der Waals surface area contributed by atoms with Crippen LogP contribution in [-0.2, 0) is 0 Å². The number of nitrogens with one attached hydrogen (secondary N) is 1. The third kappa shape index (κ3) is 5.44. The van der Waals surface area contributed by atoms with Crippen LogP contribution in [0.25, 0.3) is 0 Å². The van der Waals surface area contributed by atoms with Gasteiger partial charge in [0.1, 0.15) is 0 Å². The number of likely N-dealkylation sites (tertiary alicyclic amines) is 1. The number of ether oxygens (including phenoxy) is 1. The van der Waals surface area contributed by atoms with Gasteiger partial charge in [-0.3, -0.25) is 4.90 Å². The first-order chi connectivity index (χ1) is 16.0. The van der Waals surface area contributed by atoms with Crippen LogP contribution in [0.3, 0.4) is 0 Å². The lowest BCUT2D eigenvalue weighted by atomic mass is 10.1. The van der Waals surface area contributed by atoms with Crippen LogP contribution in [0.5, 0.6) is 5.75 Å². The Morgan fingerprint density at radius 2 is 2.06 bits per heavy atom. The van der Waals surface area contributed by atoms with Crippen molar-refractivity contribution in [2.45, 2.75) is 51.1 Å². The molecule has 0 bridgehead atoms. The summed E-state index contributed by atoms with van der Waals surface area (Å²) >= 11 is 0. The molecule has 1 saturated heterocycles. The zero-order valence-electron chi connectivity index (χ0n) is 19.5. The van der Waals surface area contributed by atoms with E-state index in [-0.39, 0.29) is 17.7 Å². The Labute approximate surface area is 194 Å². The molecule has 33 heavy (non-hydrogen) atoms. The number of anilines is 4. The molecule has 5 N–H and O–H groups in total. The summed E-state index contributed by atoms with van der Waals surface area (Å²) in [6.07, 6.45) is 5.48. The van der Waals surface area contributed by atoms with Crippen molar-refractivity contribution in [1.82, 2.24) is 19.9 Å². The van der Waals surface area contributed by atoms with Gasteiger partial charge in [0.25, 0.3) is 0 Å². The smallest absolute Gasteiger partial charge is 0.236 e. The van der Waals surface area contributed by atoms with Crippen molar-refractivity contribution in [2.24, 2.45) is 11.7 Å². The number of benzene rings is 1. The molecule has 9 nitrogen and oxygen atoms in total. The number of likely N-dealkylation sites (N-methyl/N-ethyl adjacent to an activating group) is 1. The Kier molecular flexibility index (Phi) is 7.44. The van der Waals surface area contributed by atoms with Crippen LogP contribution in [0, 0.1) is 11.7 Å². The van der Waals surface area contributed by atoms with E-state index in [1.165, 1.54) is 13.2 Å². The van der Waals surface area contributed by atoms with Gasteiger partial charge in [0.2, 0.25) is 17.8 Å². The molecule has 1 aromatic carbocycles. The van der Waals surface area contributed by atoms with E-state index in [1.807, 2.05) is 11.0 Å². The lowest BCUT2D eigenvalue weighted by Crippen LogP contribution is -2.39. The summed E-state index contributed by atoms with van der Waals surface area (Å²) in [5.74, 6) is 1.07. The highest BCUT2D eigenvalue weighted by molar-refractivity contribution is 5.60. The number of methoxy groups -OCH3 is 1. The number of halogens is 1. The van der Waals surface area contributed by atoms with E-state index < -0.39 is 5.82 Å². The molecule has 3 unspecified atom stereocenters. The fraction of sp³-hybridized carbons (Fsp3) is 0.609. The second-order valence-corrected chi connectivity index (χ2v) is 8.91. The van der Waals surface area contributed by atoms with E-state index in [4.69, 9.17) is 16.2 Å². The Morgan fingerprint density at radius 3 is 2.76 bits per heavy atom. The Bertz CT molecular complexity index is 945. The Morgan fingerprint density at radius 1 is 1.21 bits per heavy atom. The van der Waals surface area contributed by atoms with Gasteiger partial charge in [0.05, 0.1) is 7.11 Å². The molecule has 2 heterocycles. The maximum Gasteiger partial charge on any atom is 0.236 e. The molecule has 2 fully saturated rings. The van der Waals surface area contributed by atoms with Gasteiger partial charge in [-0.15, -0.1) is 0 Å². The van der Waals surface area contributed by atoms with Gasteiger partial charge >= 0.3 is 0 Å². The fourth-order valence-corrected chi connectivity index (χ4v) is 4.98. The highest BCUT2D eigenvalue weighted by atomic mass is 19.1. The number of hydrogen-bond donors (Lipinski definition) is 3. The molecule has 3 atom stereocenters. The molecule has 1 saturated carbocycles. The summed E-state index contributed by atoms with van der Waals surface area (Å²) in [4.78, 5) is 17.7. The predicted octanol–water partition coefficient (Wildman–Crippen LogP) is 2.76. The third-order valence-corrected chi connectivity index (χ3v) is 6.87. The summed E-state index contributed by atoms with van der Waals surface area (Å²) < 4.78 is 19.7. The zero-order chi connectivity index (χ0) is 23.4. The average molecular weight is 459 g/mol. The molecule has 0 radical (unpaired) electrons. The monoisotopic (exact) mass is 458 g/mol. The maximum absolute atomic E-state index is 14.6. The second-order valence-electron chi connectivity index (χ2n) is 8.91. The van der Waals surface area contributed by atoms with E-state index in [0.29, 0.717) is 42.6 Å². The highest BCUT2D eigenvalue weighted by Crippen LogP contribution is 2.31. The van der Waals surface area contributed by atoms with Crippen molar-refractivity contribution >= 4 is 23.5 Å². The number of nitrogens with two attached hydrogens (primary N) is 2. The largest absolute Gasteiger partial charge is 0.494 e. The summed E-state index contributed by atoms with van der Waals surface area (Å²) in [6, 6.07) is 5.39. The van der Waals surface area contributed by atoms with Crippen molar-refractivity contribution in [3.8, 4) is 5.75 Å². The summed E-state index contributed by atoms with van der Waals surface area (Å²) in [5.41, 5.74) is 12.9. The van der Waals surface area contributed by atoms with E-state index in [2.05, 4.69) is 32.1 Å². The molecule has 1 aliphatic carbocycles. The summed E-state index contributed by atoms with van der Waals surface area (Å²) in [7, 11) is 1.45. The van der Waals surface area contributed by atoms with Crippen LogP contribution in [-0.4, -0.2) is 65.2 Å². The average Bonchev–Trinajstić information content (AvgIpc) is 3.43. The Balaban J connectivity index is 1.62. The molecular weight excluding hydrogens is 423 g/mol. The van der Waals surface area contributed by atoms with Crippen molar-refractivity contribution in [3.63, 3.8) is 0 Å². The SMILES string of the molecule is CCN1CCCC1CN(c1ccc(OC)c(F)c1)c1nc(N)nc(NCC2CCCC2N)n1. The first kappa shape index (κ1) is 23.4. The summed E-state index contributed by atoms with van der Waals surface area (Å²) in [5, 5.41) is 3.29. The van der Waals surface area contributed by atoms with Crippen LogP contribution >= 0.6 is 0 Å².